The first-order valence-corrected chi connectivity index (χ1v) is 5.55. The molecule has 0 atom stereocenters. The van der Waals surface area contributed by atoms with Crippen molar-refractivity contribution in [1.29, 1.82) is 0 Å². The SMILES string of the molecule is C/C=C\c1[c]c2ccccc2cc1/C=C\C. The van der Waals surface area contributed by atoms with Crippen LogP contribution in [0.4, 0.5) is 0 Å². The van der Waals surface area contributed by atoms with E-state index in [1.165, 1.54) is 16.3 Å². The summed E-state index contributed by atoms with van der Waals surface area (Å²) in [4.78, 5) is 0. The largest absolute Gasteiger partial charge is 0.0870 e. The molecule has 0 fully saturated rings. The summed E-state index contributed by atoms with van der Waals surface area (Å²) in [5.74, 6) is 0. The van der Waals surface area contributed by atoms with Gasteiger partial charge in [-0.05, 0) is 47.9 Å². The van der Waals surface area contributed by atoms with E-state index in [-0.39, 0.29) is 0 Å². The number of benzene rings is 2. The molecule has 0 spiro atoms. The molecule has 16 heavy (non-hydrogen) atoms. The minimum atomic E-state index is 1.15. The van der Waals surface area contributed by atoms with Gasteiger partial charge in [-0.3, -0.25) is 0 Å². The van der Waals surface area contributed by atoms with Gasteiger partial charge in [-0.15, -0.1) is 0 Å². The minimum absolute atomic E-state index is 1.15. The molecule has 0 nitrogen and oxygen atoms in total. The standard InChI is InChI=1S/C16H15/c1-3-7-13-11-15-9-5-6-10-16(15)12-14(13)8-4-2/h3-11H,1-2H3/b7-3-,8-4-. The van der Waals surface area contributed by atoms with E-state index in [0.717, 1.165) is 5.56 Å². The van der Waals surface area contributed by atoms with Crippen molar-refractivity contribution in [3.63, 3.8) is 0 Å². The number of fused-ring (bicyclic) bond motifs is 1. The lowest BCUT2D eigenvalue weighted by molar-refractivity contribution is 1.62. The predicted octanol–water partition coefficient (Wildman–Crippen LogP) is 4.71. The molecule has 0 aliphatic heterocycles. The fraction of sp³-hybridized carbons (Fsp3) is 0.125. The zero-order chi connectivity index (χ0) is 11.4. The Balaban J connectivity index is 2.70. The average molecular weight is 207 g/mol. The molecule has 1 radical (unpaired) electrons. The van der Waals surface area contributed by atoms with Crippen LogP contribution in [-0.4, -0.2) is 0 Å². The van der Waals surface area contributed by atoms with E-state index >= 15 is 0 Å². The Kier molecular flexibility index (Phi) is 3.21. The summed E-state index contributed by atoms with van der Waals surface area (Å²) in [6.45, 7) is 4.07. The fourth-order valence-corrected chi connectivity index (χ4v) is 1.82. The third-order valence-electron chi connectivity index (χ3n) is 2.53. The van der Waals surface area contributed by atoms with Gasteiger partial charge in [-0.2, -0.15) is 0 Å². The van der Waals surface area contributed by atoms with E-state index in [1.54, 1.807) is 0 Å². The highest BCUT2D eigenvalue weighted by molar-refractivity contribution is 5.87. The van der Waals surface area contributed by atoms with Crippen LogP contribution in [0.2, 0.25) is 0 Å². The quantitative estimate of drug-likeness (QED) is 0.669. The van der Waals surface area contributed by atoms with Crippen LogP contribution in [0.3, 0.4) is 0 Å². The summed E-state index contributed by atoms with van der Waals surface area (Å²) in [7, 11) is 0. The molecule has 0 bridgehead atoms. The summed E-state index contributed by atoms with van der Waals surface area (Å²) in [5.41, 5.74) is 2.37. The molecule has 2 aromatic rings. The second-order valence-corrected chi connectivity index (χ2v) is 3.73. The summed E-state index contributed by atoms with van der Waals surface area (Å²) < 4.78 is 0. The van der Waals surface area contributed by atoms with Gasteiger partial charge in [0, 0.05) is 0 Å². The van der Waals surface area contributed by atoms with E-state index in [2.05, 4.69) is 48.6 Å². The molecule has 0 aliphatic carbocycles. The van der Waals surface area contributed by atoms with Crippen LogP contribution in [0.15, 0.2) is 42.5 Å². The number of hydrogen-bond acceptors (Lipinski definition) is 0. The van der Waals surface area contributed by atoms with Crippen molar-refractivity contribution in [2.75, 3.05) is 0 Å². The number of hydrogen-bond donors (Lipinski definition) is 0. The molecule has 0 saturated heterocycles. The lowest BCUT2D eigenvalue weighted by Crippen LogP contribution is -1.83. The van der Waals surface area contributed by atoms with Crippen molar-refractivity contribution in [2.45, 2.75) is 13.8 Å². The van der Waals surface area contributed by atoms with Crippen LogP contribution in [0.25, 0.3) is 22.9 Å². The Hall–Kier alpha value is -1.82. The third kappa shape index (κ3) is 2.06. The monoisotopic (exact) mass is 207 g/mol. The lowest BCUT2D eigenvalue weighted by atomic mass is 10.0. The maximum Gasteiger partial charge on any atom is -0.00145 e. The second-order valence-electron chi connectivity index (χ2n) is 3.73. The fourth-order valence-electron chi connectivity index (χ4n) is 1.82. The van der Waals surface area contributed by atoms with E-state index in [1.807, 2.05) is 26.0 Å². The van der Waals surface area contributed by atoms with Gasteiger partial charge in [0.2, 0.25) is 0 Å². The first-order chi connectivity index (χ1) is 7.85. The highest BCUT2D eigenvalue weighted by Gasteiger charge is 1.99. The highest BCUT2D eigenvalue weighted by Crippen LogP contribution is 2.21. The summed E-state index contributed by atoms with van der Waals surface area (Å²) >= 11 is 0. The topological polar surface area (TPSA) is 0 Å². The van der Waals surface area contributed by atoms with Gasteiger partial charge in [0.05, 0.1) is 0 Å². The van der Waals surface area contributed by atoms with Crippen molar-refractivity contribution >= 4 is 22.9 Å². The van der Waals surface area contributed by atoms with Gasteiger partial charge in [0.1, 0.15) is 0 Å². The molecule has 0 unspecified atom stereocenters. The molecule has 0 heteroatoms. The molecular weight excluding hydrogens is 192 g/mol. The Morgan fingerprint density at radius 3 is 2.50 bits per heavy atom. The van der Waals surface area contributed by atoms with E-state index in [4.69, 9.17) is 0 Å². The number of rotatable bonds is 2. The van der Waals surface area contributed by atoms with Crippen molar-refractivity contribution in [3.05, 3.63) is 59.7 Å². The summed E-state index contributed by atoms with van der Waals surface area (Å²) in [5, 5.41) is 2.41. The van der Waals surface area contributed by atoms with Gasteiger partial charge in [-0.25, -0.2) is 0 Å². The van der Waals surface area contributed by atoms with Crippen LogP contribution in [0.5, 0.6) is 0 Å². The summed E-state index contributed by atoms with van der Waals surface area (Å²) in [6, 6.07) is 14.0. The maximum atomic E-state index is 3.44. The zero-order valence-corrected chi connectivity index (χ0v) is 9.70. The van der Waals surface area contributed by atoms with Crippen molar-refractivity contribution in [2.24, 2.45) is 0 Å². The van der Waals surface area contributed by atoms with Crippen LogP contribution >= 0.6 is 0 Å². The van der Waals surface area contributed by atoms with Gasteiger partial charge in [0.15, 0.2) is 0 Å². The van der Waals surface area contributed by atoms with Crippen LogP contribution < -0.4 is 0 Å². The van der Waals surface area contributed by atoms with Gasteiger partial charge in [-0.1, -0.05) is 48.6 Å². The Morgan fingerprint density at radius 1 is 1.00 bits per heavy atom. The van der Waals surface area contributed by atoms with Crippen LogP contribution in [0, 0.1) is 6.07 Å². The van der Waals surface area contributed by atoms with Crippen molar-refractivity contribution in [1.82, 2.24) is 0 Å². The van der Waals surface area contributed by atoms with E-state index in [9.17, 15) is 0 Å². The lowest BCUT2D eigenvalue weighted by Gasteiger charge is -2.04. The number of allylic oxidation sites excluding steroid dienone is 2. The van der Waals surface area contributed by atoms with E-state index in [0.29, 0.717) is 0 Å². The average Bonchev–Trinajstić information content (AvgIpc) is 2.30. The molecule has 0 amide bonds. The smallest absolute Gasteiger partial charge is 0.00145 e. The van der Waals surface area contributed by atoms with Gasteiger partial charge >= 0.3 is 0 Å². The molecule has 0 aromatic heterocycles. The molecule has 2 aromatic carbocycles. The normalized spacial score (nSPS) is 11.9. The van der Waals surface area contributed by atoms with E-state index < -0.39 is 0 Å². The molecular formula is C16H15. The van der Waals surface area contributed by atoms with Gasteiger partial charge < -0.3 is 0 Å². The maximum absolute atomic E-state index is 3.44. The molecule has 0 N–H and O–H groups in total. The van der Waals surface area contributed by atoms with Crippen LogP contribution in [-0.2, 0) is 0 Å². The molecule has 0 heterocycles. The first kappa shape index (κ1) is 10.7. The van der Waals surface area contributed by atoms with Crippen molar-refractivity contribution in [3.8, 4) is 0 Å². The Labute approximate surface area is 96.9 Å². The molecule has 79 valence electrons. The second kappa shape index (κ2) is 4.80. The molecule has 0 aliphatic rings. The molecule has 0 saturated carbocycles. The minimum Gasteiger partial charge on any atom is -0.0870 e. The Bertz CT molecular complexity index is 494. The zero-order valence-electron chi connectivity index (χ0n) is 9.70. The third-order valence-corrected chi connectivity index (χ3v) is 2.53. The Morgan fingerprint density at radius 2 is 1.75 bits per heavy atom. The first-order valence-electron chi connectivity index (χ1n) is 5.55. The molecule has 2 rings (SSSR count). The van der Waals surface area contributed by atoms with Crippen molar-refractivity contribution < 1.29 is 0 Å². The summed E-state index contributed by atoms with van der Waals surface area (Å²) in [6.07, 6.45) is 8.33. The highest BCUT2D eigenvalue weighted by atomic mass is 14.0. The van der Waals surface area contributed by atoms with Gasteiger partial charge in [0.25, 0.3) is 0 Å². The predicted molar refractivity (Wildman–Crippen MR) is 72.2 cm³/mol. The van der Waals surface area contributed by atoms with Crippen LogP contribution in [0.1, 0.15) is 25.0 Å².